The normalized spacial score (nSPS) is 10.9. The summed E-state index contributed by atoms with van der Waals surface area (Å²) >= 11 is 1.59. The predicted octanol–water partition coefficient (Wildman–Crippen LogP) is 2.07. The van der Waals surface area contributed by atoms with Gasteiger partial charge in [-0.3, -0.25) is 4.57 Å². The number of hydrogen-bond acceptors (Lipinski definition) is 4. The zero-order valence-electron chi connectivity index (χ0n) is 12.0. The Morgan fingerprint density at radius 3 is 2.76 bits per heavy atom. The van der Waals surface area contributed by atoms with Crippen molar-refractivity contribution < 1.29 is 5.11 Å². The molecule has 0 aliphatic heterocycles. The molecule has 114 valence electrons. The Labute approximate surface area is 128 Å². The van der Waals surface area contributed by atoms with Crippen molar-refractivity contribution in [1.82, 2.24) is 14.8 Å². The van der Waals surface area contributed by atoms with Crippen molar-refractivity contribution in [3.8, 4) is 0 Å². The molecule has 2 rings (SSSR count). The van der Waals surface area contributed by atoms with Crippen LogP contribution in [-0.2, 0) is 13.0 Å². The summed E-state index contributed by atoms with van der Waals surface area (Å²) in [4.78, 5) is 11.8. The van der Waals surface area contributed by atoms with E-state index >= 15 is 0 Å². The van der Waals surface area contributed by atoms with E-state index in [1.54, 1.807) is 16.3 Å². The van der Waals surface area contributed by atoms with Gasteiger partial charge in [0.1, 0.15) is 0 Å². The van der Waals surface area contributed by atoms with E-state index in [1.807, 2.05) is 18.2 Å². The zero-order valence-corrected chi connectivity index (χ0v) is 12.8. The molecule has 0 amide bonds. The van der Waals surface area contributed by atoms with E-state index in [9.17, 15) is 4.79 Å². The second-order valence-electron chi connectivity index (χ2n) is 4.83. The summed E-state index contributed by atoms with van der Waals surface area (Å²) in [5.41, 5.74) is 1.06. The number of rotatable bonds is 9. The molecule has 2 aromatic rings. The SMILES string of the molecule is O=c1[nH]nc(SCCCCCO)n1CCc1ccccc1. The van der Waals surface area contributed by atoms with Gasteiger partial charge in [0, 0.05) is 18.9 Å². The van der Waals surface area contributed by atoms with Crippen LogP contribution < -0.4 is 5.69 Å². The van der Waals surface area contributed by atoms with Gasteiger partial charge in [0.25, 0.3) is 0 Å². The molecule has 0 saturated carbocycles. The maximum atomic E-state index is 11.8. The molecular weight excluding hydrogens is 286 g/mol. The van der Waals surface area contributed by atoms with E-state index in [-0.39, 0.29) is 12.3 Å². The van der Waals surface area contributed by atoms with Crippen LogP contribution in [0.2, 0.25) is 0 Å². The first kappa shape index (κ1) is 15.9. The van der Waals surface area contributed by atoms with E-state index in [4.69, 9.17) is 5.11 Å². The van der Waals surface area contributed by atoms with Crippen molar-refractivity contribution in [3.05, 3.63) is 46.4 Å². The van der Waals surface area contributed by atoms with Gasteiger partial charge in [-0.1, -0.05) is 48.5 Å². The third-order valence-corrected chi connectivity index (χ3v) is 4.29. The maximum Gasteiger partial charge on any atom is 0.343 e. The van der Waals surface area contributed by atoms with Crippen LogP contribution in [-0.4, -0.2) is 32.2 Å². The molecule has 0 bridgehead atoms. The van der Waals surface area contributed by atoms with Gasteiger partial charge in [-0.15, -0.1) is 5.10 Å². The van der Waals surface area contributed by atoms with Crippen molar-refractivity contribution in [1.29, 1.82) is 0 Å². The molecule has 5 nitrogen and oxygen atoms in total. The number of aliphatic hydroxyl groups is 1. The lowest BCUT2D eigenvalue weighted by Crippen LogP contribution is -2.18. The molecule has 0 spiro atoms. The molecule has 6 heteroatoms. The summed E-state index contributed by atoms with van der Waals surface area (Å²) in [5.74, 6) is 0.912. The molecule has 0 radical (unpaired) electrons. The number of benzene rings is 1. The standard InChI is InChI=1S/C15H21N3O2S/c19-11-5-2-6-12-21-15-17-16-14(20)18(15)10-9-13-7-3-1-4-8-13/h1,3-4,7-8,19H,2,5-6,9-12H2,(H,16,20). The van der Waals surface area contributed by atoms with Crippen molar-refractivity contribution in [2.24, 2.45) is 0 Å². The van der Waals surface area contributed by atoms with Crippen LogP contribution in [0.3, 0.4) is 0 Å². The Kier molecular flexibility index (Phi) is 6.56. The number of aromatic amines is 1. The molecule has 0 aliphatic rings. The number of nitrogens with zero attached hydrogens (tertiary/aromatic N) is 2. The Balaban J connectivity index is 1.87. The lowest BCUT2D eigenvalue weighted by atomic mass is 10.1. The first-order valence-electron chi connectivity index (χ1n) is 7.24. The first-order chi connectivity index (χ1) is 10.3. The van der Waals surface area contributed by atoms with Gasteiger partial charge in [0.15, 0.2) is 5.16 Å². The number of nitrogens with one attached hydrogen (secondary N) is 1. The zero-order chi connectivity index (χ0) is 14.9. The number of aryl methyl sites for hydroxylation is 1. The Hall–Kier alpha value is -1.53. The highest BCUT2D eigenvalue weighted by Crippen LogP contribution is 2.16. The third-order valence-electron chi connectivity index (χ3n) is 3.22. The number of hydrogen-bond donors (Lipinski definition) is 2. The van der Waals surface area contributed by atoms with Gasteiger partial charge >= 0.3 is 5.69 Å². The van der Waals surface area contributed by atoms with Crippen molar-refractivity contribution in [2.75, 3.05) is 12.4 Å². The lowest BCUT2D eigenvalue weighted by Gasteiger charge is -2.05. The van der Waals surface area contributed by atoms with Crippen LogP contribution >= 0.6 is 11.8 Å². The molecule has 0 aliphatic carbocycles. The highest BCUT2D eigenvalue weighted by molar-refractivity contribution is 7.99. The molecular formula is C15H21N3O2S. The van der Waals surface area contributed by atoms with Crippen LogP contribution in [0.15, 0.2) is 40.3 Å². The van der Waals surface area contributed by atoms with E-state index in [0.717, 1.165) is 36.6 Å². The minimum Gasteiger partial charge on any atom is -0.396 e. The maximum absolute atomic E-state index is 11.8. The summed E-state index contributed by atoms with van der Waals surface area (Å²) < 4.78 is 1.70. The highest BCUT2D eigenvalue weighted by atomic mass is 32.2. The van der Waals surface area contributed by atoms with Crippen LogP contribution in [0.4, 0.5) is 0 Å². The van der Waals surface area contributed by atoms with Crippen LogP contribution in [0.5, 0.6) is 0 Å². The fourth-order valence-electron chi connectivity index (χ4n) is 2.05. The van der Waals surface area contributed by atoms with Gasteiger partial charge in [-0.2, -0.15) is 0 Å². The fourth-order valence-corrected chi connectivity index (χ4v) is 3.02. The molecule has 0 unspecified atom stereocenters. The molecule has 1 heterocycles. The Bertz CT molecular complexity index is 580. The second-order valence-corrected chi connectivity index (χ2v) is 5.89. The minimum atomic E-state index is -0.149. The van der Waals surface area contributed by atoms with Gasteiger partial charge in [-0.05, 0) is 24.8 Å². The van der Waals surface area contributed by atoms with Crippen molar-refractivity contribution in [3.63, 3.8) is 0 Å². The van der Waals surface area contributed by atoms with Crippen molar-refractivity contribution in [2.45, 2.75) is 37.4 Å². The molecule has 0 saturated heterocycles. The number of thioether (sulfide) groups is 1. The minimum absolute atomic E-state index is 0.149. The molecule has 21 heavy (non-hydrogen) atoms. The summed E-state index contributed by atoms with van der Waals surface area (Å²) in [5, 5.41) is 16.1. The Morgan fingerprint density at radius 1 is 1.19 bits per heavy atom. The average molecular weight is 307 g/mol. The molecule has 1 aromatic carbocycles. The fraction of sp³-hybridized carbons (Fsp3) is 0.467. The highest BCUT2D eigenvalue weighted by Gasteiger charge is 2.08. The third kappa shape index (κ3) is 5.06. The van der Waals surface area contributed by atoms with Crippen LogP contribution in [0.25, 0.3) is 0 Å². The lowest BCUT2D eigenvalue weighted by molar-refractivity contribution is 0.284. The van der Waals surface area contributed by atoms with E-state index < -0.39 is 0 Å². The van der Waals surface area contributed by atoms with Gasteiger partial charge in [0.05, 0.1) is 0 Å². The van der Waals surface area contributed by atoms with Crippen LogP contribution in [0.1, 0.15) is 24.8 Å². The van der Waals surface area contributed by atoms with E-state index in [0.29, 0.717) is 6.54 Å². The molecule has 0 fully saturated rings. The second kappa shape index (κ2) is 8.69. The van der Waals surface area contributed by atoms with E-state index in [1.165, 1.54) is 5.56 Å². The molecule has 0 atom stereocenters. The summed E-state index contributed by atoms with van der Waals surface area (Å²) in [6, 6.07) is 10.1. The summed E-state index contributed by atoms with van der Waals surface area (Å²) in [6.07, 6.45) is 3.67. The van der Waals surface area contributed by atoms with Crippen molar-refractivity contribution >= 4 is 11.8 Å². The van der Waals surface area contributed by atoms with E-state index in [2.05, 4.69) is 22.3 Å². The Morgan fingerprint density at radius 2 is 2.00 bits per heavy atom. The topological polar surface area (TPSA) is 70.9 Å². The first-order valence-corrected chi connectivity index (χ1v) is 8.22. The van der Waals surface area contributed by atoms with Crippen LogP contribution in [0, 0.1) is 0 Å². The molecule has 2 N–H and O–H groups in total. The predicted molar refractivity (Wildman–Crippen MR) is 84.7 cm³/mol. The number of unbranched alkanes of at least 4 members (excludes halogenated alkanes) is 2. The molecule has 1 aromatic heterocycles. The quantitative estimate of drug-likeness (QED) is 0.549. The number of aromatic nitrogens is 3. The van der Waals surface area contributed by atoms with Gasteiger partial charge in [0.2, 0.25) is 0 Å². The van der Waals surface area contributed by atoms with Gasteiger partial charge < -0.3 is 5.11 Å². The largest absolute Gasteiger partial charge is 0.396 e. The average Bonchev–Trinajstić information content (AvgIpc) is 2.86. The number of aliphatic hydroxyl groups excluding tert-OH is 1. The number of H-pyrrole nitrogens is 1. The smallest absolute Gasteiger partial charge is 0.343 e. The summed E-state index contributed by atoms with van der Waals surface area (Å²) in [6.45, 7) is 0.882. The van der Waals surface area contributed by atoms with Gasteiger partial charge in [-0.25, -0.2) is 9.89 Å². The monoisotopic (exact) mass is 307 g/mol. The summed E-state index contributed by atoms with van der Waals surface area (Å²) in [7, 11) is 0.